The predicted octanol–water partition coefficient (Wildman–Crippen LogP) is 3.30. The number of carbonyl (C=O) groups is 2. The van der Waals surface area contributed by atoms with Crippen molar-refractivity contribution in [2.45, 2.75) is 44.7 Å². The number of rotatable bonds is 3. The summed E-state index contributed by atoms with van der Waals surface area (Å²) in [4.78, 5) is 25.8. The van der Waals surface area contributed by atoms with Gasteiger partial charge in [0.25, 0.3) is 5.91 Å². The first-order valence-electron chi connectivity index (χ1n) is 10.5. The van der Waals surface area contributed by atoms with Gasteiger partial charge in [-0.25, -0.2) is 10.4 Å². The van der Waals surface area contributed by atoms with E-state index >= 15 is 0 Å². The van der Waals surface area contributed by atoms with E-state index in [0.29, 0.717) is 12.1 Å². The summed E-state index contributed by atoms with van der Waals surface area (Å²) in [5, 5.41) is 8.17. The maximum absolute atomic E-state index is 13.0. The molecule has 29 heavy (non-hydrogen) atoms. The van der Waals surface area contributed by atoms with E-state index in [4.69, 9.17) is 0 Å². The number of fused-ring (bicyclic) bond motifs is 3. The minimum atomic E-state index is -0.197. The summed E-state index contributed by atoms with van der Waals surface area (Å²) in [5.41, 5.74) is 7.99. The SMILES string of the molecule is Cc1ccc(N2NC3c4cc(C(=O)NC5CCCC5)ccc4NCC3C2=O)cc1. The molecule has 2 aromatic rings. The summed E-state index contributed by atoms with van der Waals surface area (Å²) in [6.45, 7) is 2.61. The second kappa shape index (κ2) is 7.19. The average Bonchev–Trinajstić information content (AvgIpc) is 3.36. The van der Waals surface area contributed by atoms with Crippen LogP contribution in [0.15, 0.2) is 42.5 Å². The molecule has 5 rings (SSSR count). The minimum absolute atomic E-state index is 0.0264. The molecule has 1 saturated carbocycles. The van der Waals surface area contributed by atoms with Gasteiger partial charge in [-0.15, -0.1) is 0 Å². The van der Waals surface area contributed by atoms with E-state index in [0.717, 1.165) is 35.3 Å². The minimum Gasteiger partial charge on any atom is -0.384 e. The van der Waals surface area contributed by atoms with Gasteiger partial charge in [-0.2, -0.15) is 0 Å². The molecule has 2 aromatic carbocycles. The van der Waals surface area contributed by atoms with Gasteiger partial charge in [0.2, 0.25) is 5.91 Å². The molecule has 2 unspecified atom stereocenters. The molecule has 150 valence electrons. The summed E-state index contributed by atoms with van der Waals surface area (Å²) >= 11 is 0. The van der Waals surface area contributed by atoms with Gasteiger partial charge in [-0.3, -0.25) is 9.59 Å². The number of nitrogens with zero attached hydrogens (tertiary/aromatic N) is 1. The maximum Gasteiger partial charge on any atom is 0.251 e. The molecule has 0 radical (unpaired) electrons. The van der Waals surface area contributed by atoms with Crippen molar-refractivity contribution < 1.29 is 9.59 Å². The van der Waals surface area contributed by atoms with Gasteiger partial charge in [0.05, 0.1) is 17.6 Å². The zero-order valence-electron chi connectivity index (χ0n) is 16.6. The Morgan fingerprint density at radius 3 is 2.62 bits per heavy atom. The van der Waals surface area contributed by atoms with Crippen molar-refractivity contribution in [1.29, 1.82) is 0 Å². The molecule has 2 aliphatic heterocycles. The molecular formula is C23H26N4O2. The van der Waals surface area contributed by atoms with Crippen LogP contribution in [0.25, 0.3) is 0 Å². The normalized spacial score (nSPS) is 23.5. The largest absolute Gasteiger partial charge is 0.384 e. The lowest BCUT2D eigenvalue weighted by molar-refractivity contribution is -0.120. The molecule has 6 nitrogen and oxygen atoms in total. The summed E-state index contributed by atoms with van der Waals surface area (Å²) in [6, 6.07) is 13.8. The fourth-order valence-electron chi connectivity index (χ4n) is 4.67. The third-order valence-electron chi connectivity index (χ3n) is 6.35. The quantitative estimate of drug-likeness (QED) is 0.752. The molecule has 0 bridgehead atoms. The van der Waals surface area contributed by atoms with Crippen LogP contribution in [0, 0.1) is 12.8 Å². The highest BCUT2D eigenvalue weighted by molar-refractivity contribution is 5.99. The fraction of sp³-hybridized carbons (Fsp3) is 0.391. The van der Waals surface area contributed by atoms with Crippen molar-refractivity contribution in [3.63, 3.8) is 0 Å². The lowest BCUT2D eigenvalue weighted by atomic mass is 9.88. The molecule has 1 saturated heterocycles. The van der Waals surface area contributed by atoms with Gasteiger partial charge < -0.3 is 10.6 Å². The molecule has 2 fully saturated rings. The molecule has 2 heterocycles. The number of hydrogen-bond acceptors (Lipinski definition) is 4. The van der Waals surface area contributed by atoms with Crippen molar-refractivity contribution in [1.82, 2.24) is 10.7 Å². The van der Waals surface area contributed by atoms with E-state index in [1.165, 1.54) is 12.8 Å². The zero-order valence-corrected chi connectivity index (χ0v) is 16.6. The molecule has 0 spiro atoms. The highest BCUT2D eigenvalue weighted by Crippen LogP contribution is 2.40. The number of carbonyl (C=O) groups excluding carboxylic acids is 2. The maximum atomic E-state index is 13.0. The number of hydrogen-bond donors (Lipinski definition) is 3. The van der Waals surface area contributed by atoms with E-state index in [1.807, 2.05) is 49.4 Å². The monoisotopic (exact) mass is 390 g/mol. The molecule has 3 N–H and O–H groups in total. The molecule has 6 heteroatoms. The van der Waals surface area contributed by atoms with Crippen molar-refractivity contribution in [2.24, 2.45) is 5.92 Å². The number of anilines is 2. The van der Waals surface area contributed by atoms with Gasteiger partial charge in [0.15, 0.2) is 0 Å². The average molecular weight is 390 g/mol. The van der Waals surface area contributed by atoms with Crippen LogP contribution in [0.3, 0.4) is 0 Å². The van der Waals surface area contributed by atoms with E-state index in [1.54, 1.807) is 5.01 Å². The van der Waals surface area contributed by atoms with Crippen molar-refractivity contribution >= 4 is 23.2 Å². The smallest absolute Gasteiger partial charge is 0.251 e. The Kier molecular flexibility index (Phi) is 4.51. The predicted molar refractivity (Wildman–Crippen MR) is 113 cm³/mol. The topological polar surface area (TPSA) is 73.5 Å². The Bertz CT molecular complexity index is 950. The fourth-order valence-corrected chi connectivity index (χ4v) is 4.67. The van der Waals surface area contributed by atoms with Crippen molar-refractivity contribution in [2.75, 3.05) is 16.9 Å². The van der Waals surface area contributed by atoms with E-state index in [-0.39, 0.29) is 29.8 Å². The van der Waals surface area contributed by atoms with Gasteiger partial charge in [0.1, 0.15) is 0 Å². The third-order valence-corrected chi connectivity index (χ3v) is 6.35. The van der Waals surface area contributed by atoms with Crippen LogP contribution in [0.5, 0.6) is 0 Å². The Hall–Kier alpha value is -2.86. The number of nitrogens with one attached hydrogen (secondary N) is 3. The number of hydrazine groups is 1. The number of aryl methyl sites for hydroxylation is 1. The molecule has 1 aliphatic carbocycles. The van der Waals surface area contributed by atoms with Crippen LogP contribution >= 0.6 is 0 Å². The Morgan fingerprint density at radius 1 is 1.10 bits per heavy atom. The Labute approximate surface area is 170 Å². The van der Waals surface area contributed by atoms with Crippen LogP contribution in [-0.4, -0.2) is 24.4 Å². The first kappa shape index (κ1) is 18.2. The second-order valence-electron chi connectivity index (χ2n) is 8.36. The number of amides is 2. The molecule has 2 atom stereocenters. The van der Waals surface area contributed by atoms with Crippen molar-refractivity contribution in [3.05, 3.63) is 59.2 Å². The lowest BCUT2D eigenvalue weighted by Crippen LogP contribution is -2.35. The highest BCUT2D eigenvalue weighted by atomic mass is 16.2. The van der Waals surface area contributed by atoms with E-state index in [2.05, 4.69) is 16.1 Å². The summed E-state index contributed by atoms with van der Waals surface area (Å²) in [5.74, 6) is -0.170. The Morgan fingerprint density at radius 2 is 1.86 bits per heavy atom. The van der Waals surface area contributed by atoms with Gasteiger partial charge in [-0.1, -0.05) is 30.5 Å². The summed E-state index contributed by atoms with van der Waals surface area (Å²) in [6.07, 6.45) is 4.49. The standard InChI is InChI=1S/C23H26N4O2/c1-14-6-9-17(10-7-14)27-23(29)19-13-24-20-11-8-15(12-18(20)21(19)26-27)22(28)25-16-4-2-3-5-16/h6-12,16,19,21,24,26H,2-5,13H2,1H3,(H,25,28). The lowest BCUT2D eigenvalue weighted by Gasteiger charge is -2.27. The summed E-state index contributed by atoms with van der Waals surface area (Å²) < 4.78 is 0. The van der Waals surface area contributed by atoms with Gasteiger partial charge in [-0.05, 0) is 55.7 Å². The van der Waals surface area contributed by atoms with Crippen molar-refractivity contribution in [3.8, 4) is 0 Å². The summed E-state index contributed by atoms with van der Waals surface area (Å²) in [7, 11) is 0. The first-order valence-corrected chi connectivity index (χ1v) is 10.5. The first-order chi connectivity index (χ1) is 14.1. The van der Waals surface area contributed by atoms with Crippen LogP contribution < -0.4 is 21.1 Å². The number of benzene rings is 2. The van der Waals surface area contributed by atoms with Crippen LogP contribution in [0.2, 0.25) is 0 Å². The van der Waals surface area contributed by atoms with Crippen LogP contribution in [-0.2, 0) is 4.79 Å². The van der Waals surface area contributed by atoms with E-state index in [9.17, 15) is 9.59 Å². The molecular weight excluding hydrogens is 364 g/mol. The van der Waals surface area contributed by atoms with Gasteiger partial charge in [0, 0.05) is 23.8 Å². The third kappa shape index (κ3) is 3.27. The molecule has 3 aliphatic rings. The molecule has 2 amide bonds. The zero-order chi connectivity index (χ0) is 20.0. The van der Waals surface area contributed by atoms with E-state index < -0.39 is 0 Å². The van der Waals surface area contributed by atoms with Crippen LogP contribution in [0.4, 0.5) is 11.4 Å². The van der Waals surface area contributed by atoms with Gasteiger partial charge >= 0.3 is 0 Å². The Balaban J connectivity index is 1.41. The van der Waals surface area contributed by atoms with Crippen LogP contribution in [0.1, 0.15) is 53.2 Å². The second-order valence-corrected chi connectivity index (χ2v) is 8.36. The molecule has 0 aromatic heterocycles. The highest BCUT2D eigenvalue weighted by Gasteiger charge is 2.44.